The van der Waals surface area contributed by atoms with Gasteiger partial charge in [0, 0.05) is 22.8 Å². The average Bonchev–Trinajstić information content (AvgIpc) is 3.10. The summed E-state index contributed by atoms with van der Waals surface area (Å²) in [6, 6.07) is 14.5. The molecule has 0 saturated heterocycles. The van der Waals surface area contributed by atoms with E-state index < -0.39 is 0 Å². The van der Waals surface area contributed by atoms with E-state index in [4.69, 9.17) is 0 Å². The number of amides is 2. The Kier molecular flexibility index (Phi) is 6.20. The zero-order valence-electron chi connectivity index (χ0n) is 14.2. The van der Waals surface area contributed by atoms with Gasteiger partial charge >= 0.3 is 0 Å². The van der Waals surface area contributed by atoms with Crippen molar-refractivity contribution in [1.29, 1.82) is 0 Å². The minimum atomic E-state index is -0.164. The number of carbonyl (C=O) groups excluding carboxylic acids is 2. The molecule has 1 aromatic heterocycles. The fraction of sp³-hybridized carbons (Fsp3) is 0.118. The van der Waals surface area contributed by atoms with Crippen molar-refractivity contribution < 1.29 is 9.59 Å². The molecular weight excluding hydrogens is 432 g/mol. The maximum atomic E-state index is 12.1. The van der Waals surface area contributed by atoms with Crippen molar-refractivity contribution in [2.24, 2.45) is 0 Å². The number of carbonyl (C=O) groups is 2. The van der Waals surface area contributed by atoms with Gasteiger partial charge in [0.15, 0.2) is 0 Å². The lowest BCUT2D eigenvalue weighted by Gasteiger charge is -2.07. The van der Waals surface area contributed by atoms with E-state index in [1.54, 1.807) is 18.2 Å². The highest BCUT2D eigenvalue weighted by Crippen LogP contribution is 2.21. The number of hydrogen-bond donors (Lipinski definition) is 2. The van der Waals surface area contributed by atoms with E-state index in [2.05, 4.69) is 42.1 Å². The van der Waals surface area contributed by atoms with Crippen LogP contribution in [0.1, 0.15) is 6.92 Å². The molecule has 0 radical (unpaired) electrons. The molecule has 3 rings (SSSR count). The largest absolute Gasteiger partial charge is 0.326 e. The second kappa shape index (κ2) is 8.78. The van der Waals surface area contributed by atoms with Crippen molar-refractivity contribution in [3.63, 3.8) is 0 Å². The van der Waals surface area contributed by atoms with Crippen molar-refractivity contribution >= 4 is 50.9 Å². The van der Waals surface area contributed by atoms with Crippen LogP contribution in [0.25, 0.3) is 5.69 Å². The predicted molar refractivity (Wildman–Crippen MR) is 107 cm³/mol. The third-order valence-electron chi connectivity index (χ3n) is 3.31. The molecule has 2 aromatic carbocycles. The SMILES string of the molecule is CC(=O)Nc1cccc(-n2nnnc2SCC(=O)Nc2ccc(Br)cc2)c1. The predicted octanol–water partition coefficient (Wildman–Crippen LogP) is 3.11. The normalized spacial score (nSPS) is 10.4. The van der Waals surface area contributed by atoms with Crippen molar-refractivity contribution in [3.05, 3.63) is 53.0 Å². The molecule has 138 valence electrons. The molecule has 0 aliphatic rings. The highest BCUT2D eigenvalue weighted by atomic mass is 79.9. The molecule has 10 heteroatoms. The summed E-state index contributed by atoms with van der Waals surface area (Å²) in [5, 5.41) is 17.6. The fourth-order valence-electron chi connectivity index (χ4n) is 2.21. The third-order valence-corrected chi connectivity index (χ3v) is 4.76. The number of nitrogens with zero attached hydrogens (tertiary/aromatic N) is 4. The monoisotopic (exact) mass is 446 g/mol. The van der Waals surface area contributed by atoms with Crippen LogP contribution in [0.3, 0.4) is 0 Å². The molecule has 1 heterocycles. The van der Waals surface area contributed by atoms with Gasteiger partial charge in [-0.3, -0.25) is 9.59 Å². The average molecular weight is 447 g/mol. The topological polar surface area (TPSA) is 102 Å². The van der Waals surface area contributed by atoms with Gasteiger partial charge in [0.05, 0.1) is 11.4 Å². The van der Waals surface area contributed by atoms with Crippen LogP contribution >= 0.6 is 27.7 Å². The van der Waals surface area contributed by atoms with Crippen LogP contribution in [0.4, 0.5) is 11.4 Å². The lowest BCUT2D eigenvalue weighted by Crippen LogP contribution is -2.14. The number of thioether (sulfide) groups is 1. The summed E-state index contributed by atoms with van der Waals surface area (Å²) < 4.78 is 2.46. The van der Waals surface area contributed by atoms with Gasteiger partial charge in [-0.25, -0.2) is 0 Å². The molecule has 2 N–H and O–H groups in total. The molecule has 0 fully saturated rings. The van der Waals surface area contributed by atoms with Crippen molar-refractivity contribution in [2.45, 2.75) is 12.1 Å². The smallest absolute Gasteiger partial charge is 0.234 e. The van der Waals surface area contributed by atoms with E-state index in [1.807, 2.05) is 30.3 Å². The second-order valence-corrected chi connectivity index (χ2v) is 7.31. The molecule has 0 aliphatic carbocycles. The number of rotatable bonds is 6. The minimum absolute atomic E-state index is 0.155. The molecule has 0 saturated carbocycles. The first-order valence-corrected chi connectivity index (χ1v) is 9.64. The number of nitrogens with one attached hydrogen (secondary N) is 2. The van der Waals surface area contributed by atoms with Crippen LogP contribution < -0.4 is 10.6 Å². The molecule has 2 amide bonds. The Balaban J connectivity index is 1.66. The first kappa shape index (κ1) is 19.1. The molecule has 0 spiro atoms. The molecule has 0 atom stereocenters. The molecule has 27 heavy (non-hydrogen) atoms. The van der Waals surface area contributed by atoms with Gasteiger partial charge in [-0.1, -0.05) is 33.8 Å². The number of benzene rings is 2. The molecular formula is C17H15BrN6O2S. The summed E-state index contributed by atoms with van der Waals surface area (Å²) in [6.07, 6.45) is 0. The Hall–Kier alpha value is -2.72. The van der Waals surface area contributed by atoms with E-state index in [-0.39, 0.29) is 17.6 Å². The Labute approximate surface area is 167 Å². The zero-order chi connectivity index (χ0) is 19.2. The van der Waals surface area contributed by atoms with Crippen LogP contribution in [0, 0.1) is 0 Å². The third kappa shape index (κ3) is 5.38. The molecule has 0 aliphatic heterocycles. The maximum absolute atomic E-state index is 12.1. The summed E-state index contributed by atoms with van der Waals surface area (Å²) in [4.78, 5) is 23.4. The summed E-state index contributed by atoms with van der Waals surface area (Å²) in [7, 11) is 0. The van der Waals surface area contributed by atoms with E-state index in [0.29, 0.717) is 22.2 Å². The van der Waals surface area contributed by atoms with Crippen LogP contribution in [-0.4, -0.2) is 37.8 Å². The number of anilines is 2. The number of aromatic nitrogens is 4. The summed E-state index contributed by atoms with van der Waals surface area (Å²) in [6.45, 7) is 1.44. The van der Waals surface area contributed by atoms with E-state index in [0.717, 1.165) is 4.47 Å². The molecule has 0 unspecified atom stereocenters. The summed E-state index contributed by atoms with van der Waals surface area (Å²) >= 11 is 4.57. The highest BCUT2D eigenvalue weighted by Gasteiger charge is 2.12. The summed E-state index contributed by atoms with van der Waals surface area (Å²) in [5.74, 6) is -0.172. The molecule has 8 nitrogen and oxygen atoms in total. The van der Waals surface area contributed by atoms with Crippen LogP contribution in [0.2, 0.25) is 0 Å². The van der Waals surface area contributed by atoms with Crippen molar-refractivity contribution in [3.8, 4) is 5.69 Å². The zero-order valence-corrected chi connectivity index (χ0v) is 16.6. The van der Waals surface area contributed by atoms with Gasteiger partial charge in [-0.05, 0) is 52.9 Å². The van der Waals surface area contributed by atoms with Gasteiger partial charge in [-0.15, -0.1) is 5.10 Å². The van der Waals surface area contributed by atoms with Gasteiger partial charge in [-0.2, -0.15) is 4.68 Å². The number of tetrazole rings is 1. The van der Waals surface area contributed by atoms with Crippen LogP contribution in [-0.2, 0) is 9.59 Å². The maximum Gasteiger partial charge on any atom is 0.234 e. The Morgan fingerprint density at radius 1 is 1.11 bits per heavy atom. The van der Waals surface area contributed by atoms with Gasteiger partial charge in [0.25, 0.3) is 0 Å². The molecule has 0 bridgehead atoms. The first-order chi connectivity index (χ1) is 13.0. The van der Waals surface area contributed by atoms with Crippen molar-refractivity contribution in [2.75, 3.05) is 16.4 Å². The lowest BCUT2D eigenvalue weighted by atomic mass is 10.3. The summed E-state index contributed by atoms with van der Waals surface area (Å²) in [5.41, 5.74) is 2.04. The van der Waals surface area contributed by atoms with E-state index in [1.165, 1.54) is 23.4 Å². The quantitative estimate of drug-likeness (QED) is 0.563. The molecule has 3 aromatic rings. The number of halogens is 1. The Morgan fingerprint density at radius 3 is 2.63 bits per heavy atom. The van der Waals surface area contributed by atoms with E-state index >= 15 is 0 Å². The number of hydrogen-bond acceptors (Lipinski definition) is 6. The minimum Gasteiger partial charge on any atom is -0.326 e. The Morgan fingerprint density at radius 2 is 1.89 bits per heavy atom. The highest BCUT2D eigenvalue weighted by molar-refractivity contribution is 9.10. The van der Waals surface area contributed by atoms with Crippen molar-refractivity contribution in [1.82, 2.24) is 20.2 Å². The lowest BCUT2D eigenvalue weighted by molar-refractivity contribution is -0.114. The van der Waals surface area contributed by atoms with E-state index in [9.17, 15) is 9.59 Å². The standard InChI is InChI=1S/C17H15BrN6O2S/c1-11(25)19-14-3-2-4-15(9-14)24-17(21-22-23-24)27-10-16(26)20-13-7-5-12(18)6-8-13/h2-9H,10H2,1H3,(H,19,25)(H,20,26). The van der Waals surface area contributed by atoms with Gasteiger partial charge in [0.1, 0.15) is 0 Å². The van der Waals surface area contributed by atoms with Crippen LogP contribution in [0.5, 0.6) is 0 Å². The second-order valence-electron chi connectivity index (χ2n) is 5.45. The fourth-order valence-corrected chi connectivity index (χ4v) is 3.17. The first-order valence-electron chi connectivity index (χ1n) is 7.86. The van der Waals surface area contributed by atoms with Gasteiger partial charge < -0.3 is 10.6 Å². The van der Waals surface area contributed by atoms with Crippen LogP contribution in [0.15, 0.2) is 58.2 Å². The Bertz CT molecular complexity index is 960. The van der Waals surface area contributed by atoms with Gasteiger partial charge in [0.2, 0.25) is 17.0 Å².